The summed E-state index contributed by atoms with van der Waals surface area (Å²) in [6.07, 6.45) is 22.1. The second-order valence-corrected chi connectivity index (χ2v) is 45.7. The second kappa shape index (κ2) is 45.5. The Labute approximate surface area is 758 Å². The van der Waals surface area contributed by atoms with Gasteiger partial charge in [-0.05, 0) is 397 Å². The predicted molar refractivity (Wildman–Crippen MR) is 539 cm³/mol. The first kappa shape index (κ1) is 103. The van der Waals surface area contributed by atoms with Crippen molar-refractivity contribution in [2.24, 2.45) is 0 Å². The highest BCUT2D eigenvalue weighted by atomic mass is 15.3. The smallest absolute Gasteiger partial charge is 0.0356 e. The number of hydrogen-bond donors (Lipinski definition) is 0. The van der Waals surface area contributed by atoms with Crippen molar-refractivity contribution in [2.45, 2.75) is 435 Å². The number of rotatable bonds is 14. The third-order valence-corrected chi connectivity index (χ3v) is 27.8. The lowest BCUT2D eigenvalue weighted by Crippen LogP contribution is -2.40. The molecular weight excluding hydrogens is 1490 g/mol. The Morgan fingerprint density at radius 3 is 0.780 bits per heavy atom. The molecule has 7 atom stereocenters. The molecular formula is C116H183N7. The maximum atomic E-state index is 2.68. The SMILES string of the molecule is CC(C)c1cccc(C2CCCN2C(C)(C)C)c1.CC(C)c1ccccc1C1CCCN1C(C)(C)C.CC(C)c1ccccc1[C@@H]1CCCN1C(C)(C)C.CC(C)c1ccccc1[C@H]1CCCN1C(C)(C)C.CCCc1ccccc1C1CCCN1C(C)(C)C.CCc1ccccc1C1CCCN1C(C)(C)C.Cc1cccc(C2CCCN2C(C)(C)C)c1. The van der Waals surface area contributed by atoms with Gasteiger partial charge < -0.3 is 0 Å². The summed E-state index contributed by atoms with van der Waals surface area (Å²) < 4.78 is 0. The summed E-state index contributed by atoms with van der Waals surface area (Å²) in [6, 6.07) is 67.6. The minimum atomic E-state index is 0.269. The van der Waals surface area contributed by atoms with E-state index >= 15 is 0 Å². The van der Waals surface area contributed by atoms with Crippen LogP contribution in [0.15, 0.2) is 170 Å². The van der Waals surface area contributed by atoms with Crippen LogP contribution in [0.5, 0.6) is 0 Å². The molecule has 7 heteroatoms. The van der Waals surface area contributed by atoms with Crippen molar-refractivity contribution >= 4 is 0 Å². The molecule has 0 radical (unpaired) electrons. The van der Waals surface area contributed by atoms with Gasteiger partial charge in [-0.1, -0.05) is 251 Å². The number of hydrogen-bond acceptors (Lipinski definition) is 7. The molecule has 0 spiro atoms. The standard InChI is InChI=1S/5C17H27N.C16H25N.C15H23N/c1-13(2)14-8-6-9-15(12-14)16-10-7-11-18(16)17(3,4)5;3*1-13(2)14-9-6-7-10-15(14)16-11-8-12-18(16)17(3,4)5;1-5-9-14-10-6-7-11-15(14)16-12-8-13-18(16)17(2,3)4;1-5-13-9-6-7-10-14(13)15-11-8-12-17(15)16(2,3)4;1-12-7-5-8-13(11-12)14-9-6-10-16(14)15(2,3)4/h6,8-9,12-13,16H,7,10-11H2,1-5H3;3*6-7,9-10,13,16H,8,11-12H2,1-5H3;6-7,10-11,16H,5,8-9,12-13H2,1-4H3;6-7,9-10,15H,5,8,11-12H2,1-4H3;5,7-8,11,14H,6,9-10H2,1-4H3/t;2*16-;;;;/m.10..../s1. The normalized spacial score (nSPS) is 21.9. The minimum absolute atomic E-state index is 0.269. The minimum Gasteiger partial charge on any atom is -0.291 e. The molecule has 0 N–H and O–H groups in total. The fraction of sp³-hybridized carbons (Fsp3) is 0.638. The van der Waals surface area contributed by atoms with E-state index < -0.39 is 0 Å². The van der Waals surface area contributed by atoms with Crippen LogP contribution in [0, 0.1) is 6.92 Å². The quantitative estimate of drug-likeness (QED) is 0.107. The predicted octanol–water partition coefficient (Wildman–Crippen LogP) is 31.7. The Hall–Kier alpha value is -5.74. The van der Waals surface area contributed by atoms with Crippen LogP contribution in [0.4, 0.5) is 0 Å². The molecule has 682 valence electrons. The van der Waals surface area contributed by atoms with Gasteiger partial charge in [0.15, 0.2) is 0 Å². The molecule has 0 bridgehead atoms. The molecule has 0 saturated carbocycles. The highest BCUT2D eigenvalue weighted by molar-refractivity contribution is 5.38. The Kier molecular flexibility index (Phi) is 38.0. The molecule has 5 unspecified atom stereocenters. The van der Waals surface area contributed by atoms with E-state index in [4.69, 9.17) is 0 Å². The van der Waals surface area contributed by atoms with Crippen LogP contribution in [0.3, 0.4) is 0 Å². The summed E-state index contributed by atoms with van der Waals surface area (Å²) in [6.45, 7) is 82.7. The van der Waals surface area contributed by atoms with E-state index in [0.717, 1.165) is 6.42 Å². The summed E-state index contributed by atoms with van der Waals surface area (Å²) in [5.74, 6) is 2.46. The van der Waals surface area contributed by atoms with E-state index in [-0.39, 0.29) is 38.8 Å². The first-order valence-corrected chi connectivity index (χ1v) is 49.6. The van der Waals surface area contributed by atoms with E-state index in [1.807, 2.05) is 0 Å². The topological polar surface area (TPSA) is 22.7 Å². The molecule has 123 heavy (non-hydrogen) atoms. The molecule has 7 heterocycles. The second-order valence-electron chi connectivity index (χ2n) is 45.7. The van der Waals surface area contributed by atoms with Crippen molar-refractivity contribution in [3.05, 3.63) is 248 Å². The van der Waals surface area contributed by atoms with Crippen molar-refractivity contribution in [2.75, 3.05) is 45.8 Å². The van der Waals surface area contributed by atoms with Gasteiger partial charge in [-0.3, -0.25) is 34.3 Å². The average Bonchev–Trinajstić information content (AvgIpc) is 1.77. The molecule has 0 aromatic heterocycles. The van der Waals surface area contributed by atoms with Crippen LogP contribution in [0.2, 0.25) is 0 Å². The molecule has 7 saturated heterocycles. The summed E-state index contributed by atoms with van der Waals surface area (Å²) >= 11 is 0. The number of likely N-dealkylation sites (tertiary alicyclic amines) is 7. The van der Waals surface area contributed by atoms with Gasteiger partial charge in [-0.2, -0.15) is 0 Å². The Morgan fingerprint density at radius 2 is 0.504 bits per heavy atom. The van der Waals surface area contributed by atoms with E-state index in [1.54, 1.807) is 33.4 Å². The first-order valence-electron chi connectivity index (χ1n) is 49.6. The maximum absolute atomic E-state index is 2.68. The molecule has 0 amide bonds. The molecule has 7 aromatic rings. The van der Waals surface area contributed by atoms with Gasteiger partial charge in [0.05, 0.1) is 0 Å². The van der Waals surface area contributed by atoms with E-state index in [9.17, 15) is 0 Å². The van der Waals surface area contributed by atoms with Gasteiger partial charge in [0.1, 0.15) is 0 Å². The fourth-order valence-electron chi connectivity index (χ4n) is 21.9. The Balaban J connectivity index is 0.000000178. The van der Waals surface area contributed by atoms with Crippen LogP contribution in [0.25, 0.3) is 0 Å². The van der Waals surface area contributed by atoms with Crippen molar-refractivity contribution in [3.63, 3.8) is 0 Å². The molecule has 7 nitrogen and oxygen atoms in total. The maximum Gasteiger partial charge on any atom is 0.0356 e. The number of nitrogens with zero attached hydrogens (tertiary/aromatic N) is 7. The molecule has 0 aliphatic carbocycles. The van der Waals surface area contributed by atoms with Gasteiger partial charge in [-0.25, -0.2) is 0 Å². The molecule has 7 fully saturated rings. The van der Waals surface area contributed by atoms with Crippen LogP contribution >= 0.6 is 0 Å². The van der Waals surface area contributed by atoms with Gasteiger partial charge in [0.25, 0.3) is 0 Å². The van der Waals surface area contributed by atoms with E-state index in [0.29, 0.717) is 66.0 Å². The number of aryl methyl sites for hydroxylation is 3. The molecule has 7 aliphatic heterocycles. The van der Waals surface area contributed by atoms with E-state index in [1.165, 1.54) is 193 Å². The fourth-order valence-corrected chi connectivity index (χ4v) is 21.9. The third-order valence-electron chi connectivity index (χ3n) is 27.8. The van der Waals surface area contributed by atoms with Crippen LogP contribution < -0.4 is 0 Å². The van der Waals surface area contributed by atoms with Crippen molar-refractivity contribution in [3.8, 4) is 0 Å². The average molecular weight is 1680 g/mol. The molecule has 7 aromatic carbocycles. The summed E-state index contributed by atoms with van der Waals surface area (Å²) in [4.78, 5) is 18.7. The zero-order valence-corrected chi connectivity index (χ0v) is 85.1. The van der Waals surface area contributed by atoms with Gasteiger partial charge in [-0.15, -0.1) is 0 Å². The molecule has 7 aliphatic rings. The summed E-state index contributed by atoms with van der Waals surface area (Å²) in [7, 11) is 0. The van der Waals surface area contributed by atoms with Crippen molar-refractivity contribution in [1.82, 2.24) is 34.3 Å². The Bertz CT molecular complexity index is 4070. The zero-order valence-electron chi connectivity index (χ0n) is 85.1. The highest BCUT2D eigenvalue weighted by Crippen LogP contribution is 2.47. The van der Waals surface area contributed by atoms with Crippen LogP contribution in [-0.4, -0.2) is 119 Å². The molecule has 14 rings (SSSR count). The third kappa shape index (κ3) is 28.6. The van der Waals surface area contributed by atoms with Gasteiger partial charge >= 0.3 is 0 Å². The van der Waals surface area contributed by atoms with Gasteiger partial charge in [0.2, 0.25) is 0 Å². The lowest BCUT2D eigenvalue weighted by Gasteiger charge is -2.38. The number of benzene rings is 7. The zero-order chi connectivity index (χ0) is 90.7. The Morgan fingerprint density at radius 1 is 0.260 bits per heavy atom. The monoisotopic (exact) mass is 1670 g/mol. The van der Waals surface area contributed by atoms with Crippen LogP contribution in [-0.2, 0) is 12.8 Å². The lowest BCUT2D eigenvalue weighted by molar-refractivity contribution is 0.121. The van der Waals surface area contributed by atoms with E-state index in [2.05, 4.69) is 426 Å². The van der Waals surface area contributed by atoms with Gasteiger partial charge in [0, 0.05) is 81.1 Å². The first-order chi connectivity index (χ1) is 57.7. The summed E-state index contributed by atoms with van der Waals surface area (Å²) in [5.41, 5.74) is 23.2. The van der Waals surface area contributed by atoms with Crippen molar-refractivity contribution < 1.29 is 0 Å². The lowest BCUT2D eigenvalue weighted by atomic mass is 9.90. The summed E-state index contributed by atoms with van der Waals surface area (Å²) in [5, 5.41) is 0. The highest BCUT2D eigenvalue weighted by Gasteiger charge is 2.41. The van der Waals surface area contributed by atoms with Crippen LogP contribution in [0.1, 0.15) is 455 Å². The van der Waals surface area contributed by atoms with Crippen molar-refractivity contribution in [1.29, 1.82) is 0 Å². The largest absolute Gasteiger partial charge is 0.291 e.